The van der Waals surface area contributed by atoms with Gasteiger partial charge in [-0.2, -0.15) is 0 Å². The van der Waals surface area contributed by atoms with Crippen LogP contribution in [0.15, 0.2) is 206 Å². The first-order valence-electron chi connectivity index (χ1n) is 18.0. The fourth-order valence-electron chi connectivity index (χ4n) is 8.14. The van der Waals surface area contributed by atoms with E-state index in [0.717, 1.165) is 0 Å². The first kappa shape index (κ1) is 30.1. The predicted octanol–water partition coefficient (Wildman–Crippen LogP) is 14.6. The second kappa shape index (κ2) is 12.5. The van der Waals surface area contributed by atoms with E-state index in [1.807, 2.05) is 0 Å². The highest BCUT2D eigenvalue weighted by atomic mass is 14.2. The van der Waals surface area contributed by atoms with Crippen molar-refractivity contribution in [3.05, 3.63) is 206 Å². The van der Waals surface area contributed by atoms with E-state index in [1.54, 1.807) is 0 Å². The Morgan fingerprint density at radius 2 is 0.596 bits per heavy atom. The predicted molar refractivity (Wildman–Crippen MR) is 224 cm³/mol. The average Bonchev–Trinajstić information content (AvgIpc) is 3.22. The van der Waals surface area contributed by atoms with Gasteiger partial charge in [-0.25, -0.2) is 0 Å². The van der Waals surface area contributed by atoms with E-state index in [9.17, 15) is 0 Å². The first-order chi connectivity index (χ1) is 25.8. The molecule has 0 aliphatic rings. The standard InChI is InChI=1S/C52H34/c1-2-13-35(14-3-1)37-17-10-18-38(31-37)39-19-11-20-40(32-39)41-27-28-43-34-44(30-29-42(43)33-41)51-47-22-6-8-24-49(47)52(50-25-9-7-23-48(50)51)46-26-12-16-36-15-4-5-21-45(36)46/h1-34H. The molecule has 52 heavy (non-hydrogen) atoms. The van der Waals surface area contributed by atoms with E-state index in [1.165, 1.54) is 98.7 Å². The second-order valence-electron chi connectivity index (χ2n) is 13.7. The summed E-state index contributed by atoms with van der Waals surface area (Å²) in [7, 11) is 0. The largest absolute Gasteiger partial charge is 0.0622 e. The van der Waals surface area contributed by atoms with Gasteiger partial charge in [-0.3, -0.25) is 0 Å². The Kier molecular flexibility index (Phi) is 7.25. The lowest BCUT2D eigenvalue weighted by Gasteiger charge is -2.19. The molecule has 10 rings (SSSR count). The van der Waals surface area contributed by atoms with Crippen molar-refractivity contribution in [2.45, 2.75) is 0 Å². The summed E-state index contributed by atoms with van der Waals surface area (Å²) in [4.78, 5) is 0. The quantitative estimate of drug-likeness (QED) is 0.161. The van der Waals surface area contributed by atoms with Gasteiger partial charge in [-0.05, 0) is 123 Å². The minimum atomic E-state index is 1.22. The van der Waals surface area contributed by atoms with Gasteiger partial charge in [0.05, 0.1) is 0 Å². The smallest absolute Gasteiger partial charge is 0.00201 e. The molecule has 0 saturated carbocycles. The summed E-state index contributed by atoms with van der Waals surface area (Å²) in [6.07, 6.45) is 0. The molecule has 0 atom stereocenters. The molecule has 0 aliphatic carbocycles. The van der Waals surface area contributed by atoms with Crippen LogP contribution in [0.4, 0.5) is 0 Å². The van der Waals surface area contributed by atoms with E-state index in [0.29, 0.717) is 0 Å². The Hall–Kier alpha value is -6.76. The van der Waals surface area contributed by atoms with Gasteiger partial charge in [0.1, 0.15) is 0 Å². The molecule has 242 valence electrons. The topological polar surface area (TPSA) is 0 Å². The van der Waals surface area contributed by atoms with Crippen molar-refractivity contribution in [3.63, 3.8) is 0 Å². The van der Waals surface area contributed by atoms with E-state index in [2.05, 4.69) is 206 Å². The Labute approximate surface area is 303 Å². The van der Waals surface area contributed by atoms with Crippen molar-refractivity contribution in [3.8, 4) is 55.6 Å². The van der Waals surface area contributed by atoms with Gasteiger partial charge >= 0.3 is 0 Å². The van der Waals surface area contributed by atoms with E-state index < -0.39 is 0 Å². The fourth-order valence-corrected chi connectivity index (χ4v) is 8.14. The summed E-state index contributed by atoms with van der Waals surface area (Å²) in [5.41, 5.74) is 12.4. The normalized spacial score (nSPS) is 11.5. The van der Waals surface area contributed by atoms with Crippen LogP contribution in [0, 0.1) is 0 Å². The van der Waals surface area contributed by atoms with Gasteiger partial charge in [-0.1, -0.05) is 182 Å². The molecule has 0 fully saturated rings. The molecule has 0 heterocycles. The van der Waals surface area contributed by atoms with E-state index in [-0.39, 0.29) is 0 Å². The third-order valence-electron chi connectivity index (χ3n) is 10.6. The lowest BCUT2D eigenvalue weighted by atomic mass is 9.84. The Balaban J connectivity index is 1.07. The fraction of sp³-hybridized carbons (Fsp3) is 0. The van der Waals surface area contributed by atoms with Gasteiger partial charge in [0.15, 0.2) is 0 Å². The van der Waals surface area contributed by atoms with Crippen molar-refractivity contribution < 1.29 is 0 Å². The maximum Gasteiger partial charge on any atom is -0.00201 e. The SMILES string of the molecule is c1ccc(-c2cccc(-c3cccc(-c4ccc5cc(-c6c7ccccc7c(-c7cccc8ccccc78)c7ccccc67)ccc5c4)c3)c2)cc1. The van der Waals surface area contributed by atoms with Crippen molar-refractivity contribution in [1.29, 1.82) is 0 Å². The van der Waals surface area contributed by atoms with Crippen LogP contribution < -0.4 is 0 Å². The number of hydrogen-bond acceptors (Lipinski definition) is 0. The van der Waals surface area contributed by atoms with Crippen molar-refractivity contribution in [2.24, 2.45) is 0 Å². The van der Waals surface area contributed by atoms with Crippen LogP contribution in [0.3, 0.4) is 0 Å². The van der Waals surface area contributed by atoms with Crippen molar-refractivity contribution in [1.82, 2.24) is 0 Å². The maximum absolute atomic E-state index is 2.37. The van der Waals surface area contributed by atoms with Crippen LogP contribution in [0.25, 0.3) is 98.7 Å². The third-order valence-corrected chi connectivity index (χ3v) is 10.6. The van der Waals surface area contributed by atoms with Crippen LogP contribution in [-0.4, -0.2) is 0 Å². The molecule has 0 aromatic heterocycles. The van der Waals surface area contributed by atoms with Crippen LogP contribution in [-0.2, 0) is 0 Å². The maximum atomic E-state index is 2.37. The molecule has 0 aliphatic heterocycles. The molecule has 0 amide bonds. The molecular weight excluding hydrogens is 625 g/mol. The summed E-state index contributed by atoms with van der Waals surface area (Å²) in [5.74, 6) is 0. The molecular formula is C52H34. The van der Waals surface area contributed by atoms with Gasteiger partial charge < -0.3 is 0 Å². The molecule has 0 radical (unpaired) electrons. The van der Waals surface area contributed by atoms with Crippen LogP contribution >= 0.6 is 0 Å². The zero-order chi connectivity index (χ0) is 34.4. The van der Waals surface area contributed by atoms with Gasteiger partial charge in [0, 0.05) is 0 Å². The molecule has 0 saturated heterocycles. The Bertz CT molecular complexity index is 2890. The third kappa shape index (κ3) is 5.16. The van der Waals surface area contributed by atoms with Gasteiger partial charge in [0.2, 0.25) is 0 Å². The second-order valence-corrected chi connectivity index (χ2v) is 13.7. The van der Waals surface area contributed by atoms with Gasteiger partial charge in [-0.15, -0.1) is 0 Å². The zero-order valence-corrected chi connectivity index (χ0v) is 28.6. The van der Waals surface area contributed by atoms with Crippen molar-refractivity contribution >= 4 is 43.1 Å². The highest BCUT2D eigenvalue weighted by molar-refractivity contribution is 6.23. The summed E-state index contributed by atoms with van der Waals surface area (Å²) in [5, 5.41) is 10.1. The molecule has 0 bridgehead atoms. The minimum Gasteiger partial charge on any atom is -0.0622 e. The molecule has 0 spiro atoms. The summed E-state index contributed by atoms with van der Waals surface area (Å²) in [6, 6.07) is 75.5. The minimum absolute atomic E-state index is 1.22. The molecule has 10 aromatic carbocycles. The Morgan fingerprint density at radius 1 is 0.192 bits per heavy atom. The summed E-state index contributed by atoms with van der Waals surface area (Å²) >= 11 is 0. The highest BCUT2D eigenvalue weighted by Crippen LogP contribution is 2.45. The van der Waals surface area contributed by atoms with Crippen LogP contribution in [0.5, 0.6) is 0 Å². The molecule has 0 N–H and O–H groups in total. The monoisotopic (exact) mass is 658 g/mol. The molecule has 10 aromatic rings. The Morgan fingerprint density at radius 3 is 1.21 bits per heavy atom. The molecule has 0 unspecified atom stereocenters. The first-order valence-corrected chi connectivity index (χ1v) is 18.0. The highest BCUT2D eigenvalue weighted by Gasteiger charge is 2.18. The van der Waals surface area contributed by atoms with E-state index >= 15 is 0 Å². The number of benzene rings is 10. The lowest BCUT2D eigenvalue weighted by Crippen LogP contribution is -1.91. The van der Waals surface area contributed by atoms with Crippen molar-refractivity contribution in [2.75, 3.05) is 0 Å². The van der Waals surface area contributed by atoms with Gasteiger partial charge in [0.25, 0.3) is 0 Å². The number of rotatable bonds is 5. The van der Waals surface area contributed by atoms with Crippen LogP contribution in [0.1, 0.15) is 0 Å². The number of fused-ring (bicyclic) bond motifs is 4. The number of hydrogen-bond donors (Lipinski definition) is 0. The molecule has 0 heteroatoms. The van der Waals surface area contributed by atoms with Crippen LogP contribution in [0.2, 0.25) is 0 Å². The summed E-state index contributed by atoms with van der Waals surface area (Å²) in [6.45, 7) is 0. The molecule has 0 nitrogen and oxygen atoms in total. The zero-order valence-electron chi connectivity index (χ0n) is 28.6. The lowest BCUT2D eigenvalue weighted by molar-refractivity contribution is 1.58. The summed E-state index contributed by atoms with van der Waals surface area (Å²) < 4.78 is 0. The van der Waals surface area contributed by atoms with E-state index in [4.69, 9.17) is 0 Å². The average molecular weight is 659 g/mol.